The normalized spacial score (nSPS) is 28.9. The van der Waals surface area contributed by atoms with E-state index in [4.69, 9.17) is 18.9 Å². The zero-order chi connectivity index (χ0) is 25.6. The van der Waals surface area contributed by atoms with Crippen LogP contribution in [0.2, 0.25) is 0 Å². The second kappa shape index (κ2) is 9.37. The Morgan fingerprint density at radius 3 is 1.69 bits per heavy atom. The van der Waals surface area contributed by atoms with E-state index in [1.54, 1.807) is 12.1 Å². The molecule has 4 fully saturated rings. The minimum atomic E-state index is -0.777. The van der Waals surface area contributed by atoms with Gasteiger partial charge in [-0.25, -0.2) is 9.59 Å². The molecule has 0 aromatic heterocycles. The van der Waals surface area contributed by atoms with Gasteiger partial charge in [-0.3, -0.25) is 0 Å². The van der Waals surface area contributed by atoms with Crippen LogP contribution >= 0.6 is 0 Å². The number of carbonyl (C=O) groups excluding carboxylic acids is 2. The maximum Gasteiger partial charge on any atom is 0.336 e. The molecule has 194 valence electrons. The van der Waals surface area contributed by atoms with Crippen molar-refractivity contribution in [3.05, 3.63) is 41.2 Å². The topological polar surface area (TPSA) is 94.5 Å². The lowest BCUT2D eigenvalue weighted by molar-refractivity contribution is -0.137. The molecule has 0 amide bonds. The van der Waals surface area contributed by atoms with Crippen molar-refractivity contribution in [1.29, 1.82) is 0 Å². The summed E-state index contributed by atoms with van der Waals surface area (Å²) >= 11 is 0. The monoisotopic (exact) mass is 497 g/mol. The highest BCUT2D eigenvalue weighted by atomic mass is 16.5. The second-order valence-electron chi connectivity index (χ2n) is 10.9. The number of esters is 2. The molecule has 0 spiro atoms. The van der Waals surface area contributed by atoms with Crippen LogP contribution in [0.3, 0.4) is 0 Å². The number of phenols is 1. The molecule has 36 heavy (non-hydrogen) atoms. The van der Waals surface area contributed by atoms with Crippen molar-refractivity contribution in [3.8, 4) is 17.2 Å². The lowest BCUT2D eigenvalue weighted by atomic mass is 9.49. The van der Waals surface area contributed by atoms with Crippen LogP contribution in [-0.2, 0) is 19.1 Å². The maximum atomic E-state index is 13.1. The van der Waals surface area contributed by atoms with Crippen molar-refractivity contribution < 1.29 is 33.6 Å². The fourth-order valence-electron chi connectivity index (χ4n) is 7.69. The molecular formula is C28H35NO7. The Morgan fingerprint density at radius 2 is 1.31 bits per heavy atom. The van der Waals surface area contributed by atoms with Crippen molar-refractivity contribution in [3.63, 3.8) is 0 Å². The summed E-state index contributed by atoms with van der Waals surface area (Å²) in [5.41, 5.74) is 1.38. The highest BCUT2D eigenvalue weighted by Crippen LogP contribution is 2.60. The molecule has 1 heterocycles. The molecule has 4 bridgehead atoms. The number of nitrogens with zero attached hydrogens (tertiary/aromatic N) is 1. The third-order valence-electron chi connectivity index (χ3n) is 8.59. The first-order chi connectivity index (χ1) is 17.3. The van der Waals surface area contributed by atoms with Gasteiger partial charge in [0.15, 0.2) is 11.5 Å². The van der Waals surface area contributed by atoms with E-state index in [2.05, 4.69) is 0 Å². The van der Waals surface area contributed by atoms with E-state index in [-0.39, 0.29) is 22.7 Å². The van der Waals surface area contributed by atoms with Crippen LogP contribution in [0.15, 0.2) is 35.7 Å². The van der Waals surface area contributed by atoms with Gasteiger partial charge in [-0.15, -0.1) is 0 Å². The van der Waals surface area contributed by atoms with Crippen molar-refractivity contribution in [1.82, 2.24) is 4.90 Å². The summed E-state index contributed by atoms with van der Waals surface area (Å²) in [6, 6.07) is 3.20. The Kier molecular flexibility index (Phi) is 6.39. The molecule has 6 rings (SSSR count). The molecule has 5 aliphatic rings. The van der Waals surface area contributed by atoms with E-state index in [0.29, 0.717) is 16.7 Å². The molecule has 4 aliphatic carbocycles. The number of hydrogen-bond acceptors (Lipinski definition) is 8. The van der Waals surface area contributed by atoms with Crippen LogP contribution in [0.5, 0.6) is 17.2 Å². The maximum absolute atomic E-state index is 13.1. The smallest absolute Gasteiger partial charge is 0.336 e. The van der Waals surface area contributed by atoms with Gasteiger partial charge in [-0.1, -0.05) is 0 Å². The quantitative estimate of drug-likeness (QED) is 0.562. The number of carbonyl (C=O) groups is 2. The average molecular weight is 498 g/mol. The average Bonchev–Trinajstić information content (AvgIpc) is 2.86. The number of ether oxygens (including phenoxy) is 4. The summed E-state index contributed by atoms with van der Waals surface area (Å²) < 4.78 is 21.0. The largest absolute Gasteiger partial charge is 0.502 e. The highest BCUT2D eigenvalue weighted by molar-refractivity contribution is 5.98. The second-order valence-corrected chi connectivity index (χ2v) is 10.9. The SMILES string of the molecule is COC(=O)C1=CN(CC23CC4CC(CC(C4)C2)C3)C=C(C(=O)OC)C1c1cc(OC)c(O)c(OC)c1. The summed E-state index contributed by atoms with van der Waals surface area (Å²) in [4.78, 5) is 28.2. The zero-order valence-electron chi connectivity index (χ0n) is 21.4. The van der Waals surface area contributed by atoms with Crippen molar-refractivity contribution in [2.24, 2.45) is 23.2 Å². The molecule has 1 aromatic carbocycles. The minimum absolute atomic E-state index is 0.157. The first-order valence-corrected chi connectivity index (χ1v) is 12.6. The molecule has 1 aromatic rings. The predicted octanol–water partition coefficient (Wildman–Crippen LogP) is 4.14. The van der Waals surface area contributed by atoms with E-state index in [1.165, 1.54) is 67.0 Å². The third-order valence-corrected chi connectivity index (χ3v) is 8.59. The van der Waals surface area contributed by atoms with Gasteiger partial charge < -0.3 is 29.0 Å². The van der Waals surface area contributed by atoms with Crippen LogP contribution in [0.4, 0.5) is 0 Å². The number of aromatic hydroxyl groups is 1. The Morgan fingerprint density at radius 1 is 0.861 bits per heavy atom. The number of rotatable bonds is 7. The molecule has 0 atom stereocenters. The van der Waals surface area contributed by atoms with Gasteiger partial charge in [-0.2, -0.15) is 0 Å². The Labute approximate surface area is 211 Å². The number of methoxy groups -OCH3 is 4. The minimum Gasteiger partial charge on any atom is -0.502 e. The van der Waals surface area contributed by atoms with Crippen LogP contribution in [0.25, 0.3) is 0 Å². The van der Waals surface area contributed by atoms with Gasteiger partial charge in [0.05, 0.1) is 45.5 Å². The summed E-state index contributed by atoms with van der Waals surface area (Å²) in [5, 5.41) is 10.4. The molecule has 1 N–H and O–H groups in total. The predicted molar refractivity (Wildman–Crippen MR) is 131 cm³/mol. The molecule has 1 aliphatic heterocycles. The third kappa shape index (κ3) is 4.20. The fraction of sp³-hybridized carbons (Fsp3) is 0.571. The van der Waals surface area contributed by atoms with Crippen LogP contribution in [0.1, 0.15) is 50.0 Å². The van der Waals surface area contributed by atoms with Gasteiger partial charge in [0, 0.05) is 18.9 Å². The van der Waals surface area contributed by atoms with E-state index < -0.39 is 17.9 Å². The Balaban J connectivity index is 1.56. The van der Waals surface area contributed by atoms with E-state index >= 15 is 0 Å². The molecule has 4 saturated carbocycles. The first kappa shape index (κ1) is 24.5. The van der Waals surface area contributed by atoms with Crippen LogP contribution in [-0.4, -0.2) is 56.9 Å². The standard InChI is InChI=1S/C28H35NO7/c1-33-22-8-19(9-23(34-2)25(22)30)24-20(26(31)35-3)13-29(14-21(24)27(32)36-4)15-28-10-16-5-17(11-28)7-18(6-16)12-28/h8-9,13-14,16-18,24,30H,5-7,10-12,15H2,1-4H3. The highest BCUT2D eigenvalue weighted by Gasteiger charge is 2.51. The van der Waals surface area contributed by atoms with Gasteiger partial charge in [0.1, 0.15) is 0 Å². The summed E-state index contributed by atoms with van der Waals surface area (Å²) in [7, 11) is 5.52. The number of benzene rings is 1. The van der Waals surface area contributed by atoms with Crippen LogP contribution < -0.4 is 9.47 Å². The van der Waals surface area contributed by atoms with Gasteiger partial charge in [-0.05, 0) is 79.4 Å². The summed E-state index contributed by atoms with van der Waals surface area (Å²) in [6.07, 6.45) is 11.3. The van der Waals surface area contributed by atoms with Gasteiger partial charge in [0.25, 0.3) is 0 Å². The number of phenolic OH excluding ortho intramolecular Hbond substituents is 1. The molecule has 0 radical (unpaired) electrons. The molecule has 8 heteroatoms. The van der Waals surface area contributed by atoms with Crippen LogP contribution in [0, 0.1) is 23.2 Å². The summed E-state index contributed by atoms with van der Waals surface area (Å²) in [6.45, 7) is 0.756. The zero-order valence-corrected chi connectivity index (χ0v) is 21.4. The van der Waals surface area contributed by atoms with Crippen molar-refractivity contribution in [2.45, 2.75) is 44.4 Å². The molecular weight excluding hydrogens is 462 g/mol. The lowest BCUT2D eigenvalue weighted by Gasteiger charge is -2.57. The van der Waals surface area contributed by atoms with E-state index in [9.17, 15) is 14.7 Å². The molecule has 0 saturated heterocycles. The van der Waals surface area contributed by atoms with E-state index in [0.717, 1.165) is 24.3 Å². The van der Waals surface area contributed by atoms with Gasteiger partial charge in [0.2, 0.25) is 5.75 Å². The van der Waals surface area contributed by atoms with Crippen molar-refractivity contribution >= 4 is 11.9 Å². The Hall–Kier alpha value is -3.16. The summed E-state index contributed by atoms with van der Waals surface area (Å²) in [5.74, 6) is 0.724. The lowest BCUT2D eigenvalue weighted by Crippen LogP contribution is -2.50. The fourth-order valence-corrected chi connectivity index (χ4v) is 7.69. The van der Waals surface area contributed by atoms with Gasteiger partial charge >= 0.3 is 11.9 Å². The van der Waals surface area contributed by atoms with E-state index in [1.807, 2.05) is 17.3 Å². The first-order valence-electron chi connectivity index (χ1n) is 12.6. The number of hydrogen-bond donors (Lipinski definition) is 1. The molecule has 8 nitrogen and oxygen atoms in total. The molecule has 0 unspecified atom stereocenters. The Bertz CT molecular complexity index is 1030. The van der Waals surface area contributed by atoms with Crippen molar-refractivity contribution in [2.75, 3.05) is 35.0 Å².